The van der Waals surface area contributed by atoms with Gasteiger partial charge in [-0.25, -0.2) is 0 Å². The highest BCUT2D eigenvalue weighted by Gasteiger charge is 2.27. The summed E-state index contributed by atoms with van der Waals surface area (Å²) in [5, 5.41) is 0. The standard InChI is InChI=1S/C27H32O4/c1-5-7-19-13-21(9-11-25(19)30-17-23-15-28-23)27(3,4)22-10-12-26(20(14-22)8-6-2)31-18-24-16-29-24/h5-6,9-14,23-24H,1-2,7-8,15-18H2,3-4H3. The molecule has 2 fully saturated rings. The molecule has 2 aromatic rings. The zero-order valence-corrected chi connectivity index (χ0v) is 18.6. The Morgan fingerprint density at radius 2 is 1.26 bits per heavy atom. The number of hydrogen-bond donors (Lipinski definition) is 0. The molecule has 0 N–H and O–H groups in total. The molecule has 4 rings (SSSR count). The third kappa shape index (κ3) is 5.38. The largest absolute Gasteiger partial charge is 0.490 e. The summed E-state index contributed by atoms with van der Waals surface area (Å²) in [6.45, 7) is 15.1. The normalized spacial score (nSPS) is 19.5. The van der Waals surface area contributed by atoms with Crippen LogP contribution in [0.3, 0.4) is 0 Å². The van der Waals surface area contributed by atoms with Crippen LogP contribution in [0, 0.1) is 0 Å². The molecule has 0 radical (unpaired) electrons. The molecule has 0 spiro atoms. The monoisotopic (exact) mass is 420 g/mol. The molecule has 31 heavy (non-hydrogen) atoms. The third-order valence-electron chi connectivity index (χ3n) is 5.95. The lowest BCUT2D eigenvalue weighted by Gasteiger charge is -2.28. The van der Waals surface area contributed by atoms with Gasteiger partial charge in [0.15, 0.2) is 0 Å². The maximum atomic E-state index is 5.99. The Balaban J connectivity index is 1.59. The second kappa shape index (κ2) is 9.29. The first-order chi connectivity index (χ1) is 15.0. The lowest BCUT2D eigenvalue weighted by molar-refractivity contribution is 0.261. The zero-order valence-electron chi connectivity index (χ0n) is 18.6. The smallest absolute Gasteiger partial charge is 0.122 e. The average molecular weight is 421 g/mol. The first-order valence-electron chi connectivity index (χ1n) is 11.0. The van der Waals surface area contributed by atoms with E-state index in [0.717, 1.165) is 48.7 Å². The van der Waals surface area contributed by atoms with Crippen molar-refractivity contribution in [3.05, 3.63) is 84.0 Å². The lowest BCUT2D eigenvalue weighted by atomic mass is 9.77. The second-order valence-corrected chi connectivity index (χ2v) is 8.79. The van der Waals surface area contributed by atoms with E-state index in [9.17, 15) is 0 Å². The molecule has 0 aromatic heterocycles. The van der Waals surface area contributed by atoms with E-state index >= 15 is 0 Å². The molecule has 2 atom stereocenters. The van der Waals surface area contributed by atoms with Crippen molar-refractivity contribution >= 4 is 0 Å². The van der Waals surface area contributed by atoms with Gasteiger partial charge in [-0.15, -0.1) is 13.2 Å². The van der Waals surface area contributed by atoms with E-state index in [1.165, 1.54) is 11.1 Å². The maximum Gasteiger partial charge on any atom is 0.122 e. The van der Waals surface area contributed by atoms with Crippen molar-refractivity contribution in [2.75, 3.05) is 26.4 Å². The summed E-state index contributed by atoms with van der Waals surface area (Å²) >= 11 is 0. The van der Waals surface area contributed by atoms with Gasteiger partial charge >= 0.3 is 0 Å². The first-order valence-corrected chi connectivity index (χ1v) is 11.0. The molecule has 4 nitrogen and oxygen atoms in total. The van der Waals surface area contributed by atoms with Crippen molar-refractivity contribution in [1.82, 2.24) is 0 Å². The fourth-order valence-corrected chi connectivity index (χ4v) is 3.71. The molecular weight excluding hydrogens is 388 g/mol. The molecule has 0 saturated carbocycles. The number of epoxide rings is 2. The SMILES string of the molecule is C=CCc1cc(C(C)(C)c2ccc(OCC3CO3)c(CC=C)c2)ccc1OCC1CO1. The summed E-state index contributed by atoms with van der Waals surface area (Å²) in [5.41, 5.74) is 4.60. The van der Waals surface area contributed by atoms with Gasteiger partial charge in [0.05, 0.1) is 13.2 Å². The van der Waals surface area contributed by atoms with Gasteiger partial charge in [-0.1, -0.05) is 50.3 Å². The van der Waals surface area contributed by atoms with Crippen molar-refractivity contribution in [1.29, 1.82) is 0 Å². The van der Waals surface area contributed by atoms with E-state index in [1.807, 2.05) is 12.2 Å². The summed E-state index contributed by atoms with van der Waals surface area (Å²) in [6.07, 6.45) is 5.85. The number of benzene rings is 2. The Labute approximate surface area is 185 Å². The Morgan fingerprint density at radius 3 is 1.61 bits per heavy atom. The number of rotatable bonds is 12. The van der Waals surface area contributed by atoms with E-state index in [2.05, 4.69) is 63.4 Å². The zero-order chi connectivity index (χ0) is 21.8. The van der Waals surface area contributed by atoms with Crippen LogP contribution in [0.2, 0.25) is 0 Å². The Kier molecular flexibility index (Phi) is 6.49. The molecule has 0 amide bonds. The molecule has 164 valence electrons. The van der Waals surface area contributed by atoms with Crippen LogP contribution in [0.15, 0.2) is 61.7 Å². The van der Waals surface area contributed by atoms with Crippen molar-refractivity contribution in [2.45, 2.75) is 44.3 Å². The van der Waals surface area contributed by atoms with Crippen molar-refractivity contribution in [2.24, 2.45) is 0 Å². The Morgan fingerprint density at radius 1 is 0.839 bits per heavy atom. The predicted molar refractivity (Wildman–Crippen MR) is 123 cm³/mol. The average Bonchev–Trinajstić information content (AvgIpc) is 3.67. The number of hydrogen-bond acceptors (Lipinski definition) is 4. The number of allylic oxidation sites excluding steroid dienone is 2. The van der Waals surface area contributed by atoms with Gasteiger partial charge in [-0.2, -0.15) is 0 Å². The minimum atomic E-state index is -0.178. The highest BCUT2D eigenvalue weighted by atomic mass is 16.6. The summed E-state index contributed by atoms with van der Waals surface area (Å²) in [5.74, 6) is 1.82. The van der Waals surface area contributed by atoms with Crippen molar-refractivity contribution < 1.29 is 18.9 Å². The molecule has 4 heteroatoms. The van der Waals surface area contributed by atoms with E-state index in [1.54, 1.807) is 0 Å². The summed E-state index contributed by atoms with van der Waals surface area (Å²) < 4.78 is 22.5. The van der Waals surface area contributed by atoms with E-state index in [-0.39, 0.29) is 17.6 Å². The highest BCUT2D eigenvalue weighted by Crippen LogP contribution is 2.37. The Bertz CT molecular complexity index is 863. The molecular formula is C27H32O4. The van der Waals surface area contributed by atoms with Crippen LogP contribution in [-0.4, -0.2) is 38.6 Å². The van der Waals surface area contributed by atoms with Gasteiger partial charge < -0.3 is 18.9 Å². The lowest BCUT2D eigenvalue weighted by Crippen LogP contribution is -2.20. The van der Waals surface area contributed by atoms with Crippen LogP contribution in [0.4, 0.5) is 0 Å². The van der Waals surface area contributed by atoms with Crippen LogP contribution in [0.5, 0.6) is 11.5 Å². The molecule has 2 unspecified atom stereocenters. The predicted octanol–water partition coefficient (Wildman–Crippen LogP) is 5.02. The first kappa shape index (κ1) is 21.7. The second-order valence-electron chi connectivity index (χ2n) is 8.79. The van der Waals surface area contributed by atoms with Crippen LogP contribution < -0.4 is 9.47 Å². The molecule has 2 saturated heterocycles. The fourth-order valence-electron chi connectivity index (χ4n) is 3.71. The summed E-state index contributed by atoms with van der Waals surface area (Å²) in [4.78, 5) is 0. The van der Waals surface area contributed by atoms with Crippen molar-refractivity contribution in [3.8, 4) is 11.5 Å². The van der Waals surface area contributed by atoms with Gasteiger partial charge in [-0.3, -0.25) is 0 Å². The van der Waals surface area contributed by atoms with Crippen LogP contribution in [-0.2, 0) is 27.7 Å². The molecule has 2 heterocycles. The van der Waals surface area contributed by atoms with Gasteiger partial charge in [0.25, 0.3) is 0 Å². The van der Waals surface area contributed by atoms with Crippen LogP contribution in [0.1, 0.15) is 36.1 Å². The quantitative estimate of drug-likeness (QED) is 0.357. The third-order valence-corrected chi connectivity index (χ3v) is 5.95. The van der Waals surface area contributed by atoms with E-state index in [0.29, 0.717) is 13.2 Å². The van der Waals surface area contributed by atoms with Crippen LogP contribution >= 0.6 is 0 Å². The molecule has 2 aliphatic rings. The van der Waals surface area contributed by atoms with Gasteiger partial charge in [0.2, 0.25) is 0 Å². The fraction of sp³-hybridized carbons (Fsp3) is 0.407. The topological polar surface area (TPSA) is 43.5 Å². The summed E-state index contributed by atoms with van der Waals surface area (Å²) in [7, 11) is 0. The highest BCUT2D eigenvalue weighted by molar-refractivity contribution is 5.48. The van der Waals surface area contributed by atoms with Crippen LogP contribution in [0.25, 0.3) is 0 Å². The van der Waals surface area contributed by atoms with Gasteiger partial charge in [0, 0.05) is 5.41 Å². The van der Waals surface area contributed by atoms with Gasteiger partial charge in [0.1, 0.15) is 36.9 Å². The molecule has 2 aromatic carbocycles. The number of ether oxygens (including phenoxy) is 4. The van der Waals surface area contributed by atoms with E-state index in [4.69, 9.17) is 18.9 Å². The molecule has 0 bridgehead atoms. The Hall–Kier alpha value is -2.56. The minimum absolute atomic E-state index is 0.178. The van der Waals surface area contributed by atoms with Gasteiger partial charge in [-0.05, 0) is 47.2 Å². The summed E-state index contributed by atoms with van der Waals surface area (Å²) in [6, 6.07) is 13.0. The van der Waals surface area contributed by atoms with E-state index < -0.39 is 0 Å². The van der Waals surface area contributed by atoms with Crippen molar-refractivity contribution in [3.63, 3.8) is 0 Å². The molecule has 0 aliphatic carbocycles. The molecule has 2 aliphatic heterocycles. The maximum absolute atomic E-state index is 5.99. The minimum Gasteiger partial charge on any atom is -0.490 e.